The summed E-state index contributed by atoms with van der Waals surface area (Å²) in [6.45, 7) is 9.85. The summed E-state index contributed by atoms with van der Waals surface area (Å²) < 4.78 is 0. The summed E-state index contributed by atoms with van der Waals surface area (Å²) in [5.74, 6) is 0.728. The van der Waals surface area contributed by atoms with E-state index in [2.05, 4.69) is 46.6 Å². The molecule has 22 heavy (non-hydrogen) atoms. The van der Waals surface area contributed by atoms with Gasteiger partial charge in [0.15, 0.2) is 0 Å². The molecule has 1 fully saturated rings. The number of carbonyl (C=O) groups is 1. The van der Waals surface area contributed by atoms with Gasteiger partial charge in [-0.1, -0.05) is 63.3 Å². The molecular weight excluding hydrogens is 272 g/mol. The number of nitrogens with one attached hydrogen (secondary N) is 1. The minimum Gasteiger partial charge on any atom is -0.355 e. The standard InChI is InChI=1S/C19H28N2O/c1-19(2,3)18(22)20-14-17-11-13-21(15-17)12-7-10-16-8-5-4-6-9-16/h4-10,17H,11-15H2,1-3H3,(H,20,22). The highest BCUT2D eigenvalue weighted by Gasteiger charge is 2.25. The van der Waals surface area contributed by atoms with Crippen molar-refractivity contribution in [3.8, 4) is 0 Å². The molecule has 1 atom stereocenters. The van der Waals surface area contributed by atoms with E-state index in [0.717, 1.165) is 26.2 Å². The van der Waals surface area contributed by atoms with Crippen molar-refractivity contribution in [2.24, 2.45) is 11.3 Å². The minimum atomic E-state index is -0.295. The summed E-state index contributed by atoms with van der Waals surface area (Å²) in [7, 11) is 0. The number of carbonyl (C=O) groups excluding carboxylic acids is 1. The zero-order valence-electron chi connectivity index (χ0n) is 14.0. The third-order valence-corrected chi connectivity index (χ3v) is 4.08. The number of benzene rings is 1. The van der Waals surface area contributed by atoms with Gasteiger partial charge in [-0.05, 0) is 24.4 Å². The van der Waals surface area contributed by atoms with Gasteiger partial charge in [-0.25, -0.2) is 0 Å². The molecule has 0 aromatic heterocycles. The first-order chi connectivity index (χ1) is 10.4. The molecule has 1 N–H and O–H groups in total. The van der Waals surface area contributed by atoms with Gasteiger partial charge in [0, 0.05) is 25.0 Å². The van der Waals surface area contributed by atoms with Crippen molar-refractivity contribution in [1.29, 1.82) is 0 Å². The maximum atomic E-state index is 11.9. The number of amides is 1. The fourth-order valence-corrected chi connectivity index (χ4v) is 2.65. The summed E-state index contributed by atoms with van der Waals surface area (Å²) >= 11 is 0. The molecule has 0 spiro atoms. The van der Waals surface area contributed by atoms with Crippen LogP contribution < -0.4 is 5.32 Å². The fraction of sp³-hybridized carbons (Fsp3) is 0.526. The lowest BCUT2D eigenvalue weighted by molar-refractivity contribution is -0.128. The van der Waals surface area contributed by atoms with E-state index < -0.39 is 0 Å². The van der Waals surface area contributed by atoms with Crippen LogP contribution in [0.1, 0.15) is 32.8 Å². The van der Waals surface area contributed by atoms with E-state index >= 15 is 0 Å². The molecule has 1 aliphatic rings. The molecule has 0 aliphatic carbocycles. The predicted octanol–water partition coefficient (Wildman–Crippen LogP) is 3.18. The van der Waals surface area contributed by atoms with Crippen molar-refractivity contribution < 1.29 is 4.79 Å². The summed E-state index contributed by atoms with van der Waals surface area (Å²) in [4.78, 5) is 14.3. The van der Waals surface area contributed by atoms with Crippen molar-refractivity contribution >= 4 is 12.0 Å². The highest BCUT2D eigenvalue weighted by atomic mass is 16.2. The second kappa shape index (κ2) is 7.59. The third-order valence-electron chi connectivity index (χ3n) is 4.08. The Morgan fingerprint density at radius 2 is 2.05 bits per heavy atom. The zero-order valence-corrected chi connectivity index (χ0v) is 14.0. The number of rotatable bonds is 5. The molecule has 1 aromatic carbocycles. The maximum absolute atomic E-state index is 11.9. The lowest BCUT2D eigenvalue weighted by Crippen LogP contribution is -2.38. The minimum absolute atomic E-state index is 0.148. The molecule has 3 nitrogen and oxygen atoms in total. The Balaban J connectivity index is 1.70. The van der Waals surface area contributed by atoms with Gasteiger partial charge in [-0.2, -0.15) is 0 Å². The van der Waals surface area contributed by atoms with Gasteiger partial charge in [0.2, 0.25) is 5.91 Å². The molecule has 1 aliphatic heterocycles. The molecule has 1 unspecified atom stereocenters. The monoisotopic (exact) mass is 300 g/mol. The Labute approximate surface area is 134 Å². The predicted molar refractivity (Wildman–Crippen MR) is 92.5 cm³/mol. The molecule has 120 valence electrons. The van der Waals surface area contributed by atoms with Crippen LogP contribution in [0.5, 0.6) is 0 Å². The van der Waals surface area contributed by atoms with Crippen LogP contribution in [-0.4, -0.2) is 37.0 Å². The molecule has 3 heteroatoms. The summed E-state index contributed by atoms with van der Waals surface area (Å²) in [5, 5.41) is 3.08. The Morgan fingerprint density at radius 3 is 2.73 bits per heavy atom. The average Bonchev–Trinajstić information content (AvgIpc) is 2.93. The van der Waals surface area contributed by atoms with Gasteiger partial charge in [-0.15, -0.1) is 0 Å². The molecule has 1 saturated heterocycles. The highest BCUT2D eigenvalue weighted by molar-refractivity contribution is 5.81. The first-order valence-electron chi connectivity index (χ1n) is 8.17. The van der Waals surface area contributed by atoms with Crippen LogP contribution in [0, 0.1) is 11.3 Å². The van der Waals surface area contributed by atoms with Gasteiger partial charge >= 0.3 is 0 Å². The Bertz CT molecular complexity index is 502. The van der Waals surface area contributed by atoms with Crippen LogP contribution in [0.4, 0.5) is 0 Å². The second-order valence-corrected chi connectivity index (χ2v) is 7.19. The van der Waals surface area contributed by atoms with Crippen LogP contribution in [0.2, 0.25) is 0 Å². The smallest absolute Gasteiger partial charge is 0.225 e. The molecule has 1 amide bonds. The van der Waals surface area contributed by atoms with Crippen molar-refractivity contribution in [1.82, 2.24) is 10.2 Å². The van der Waals surface area contributed by atoms with Crippen molar-refractivity contribution in [3.63, 3.8) is 0 Å². The van der Waals surface area contributed by atoms with Crippen LogP contribution in [0.25, 0.3) is 6.08 Å². The van der Waals surface area contributed by atoms with Crippen molar-refractivity contribution in [3.05, 3.63) is 42.0 Å². The van der Waals surface area contributed by atoms with Crippen LogP contribution >= 0.6 is 0 Å². The number of nitrogens with zero attached hydrogens (tertiary/aromatic N) is 1. The Morgan fingerprint density at radius 1 is 1.32 bits per heavy atom. The normalized spacial score (nSPS) is 19.7. The van der Waals surface area contributed by atoms with Crippen LogP contribution in [0.3, 0.4) is 0 Å². The zero-order chi connectivity index (χ0) is 16.0. The van der Waals surface area contributed by atoms with E-state index in [9.17, 15) is 4.79 Å². The van der Waals surface area contributed by atoms with Gasteiger partial charge < -0.3 is 5.32 Å². The molecule has 1 aromatic rings. The lowest BCUT2D eigenvalue weighted by atomic mass is 9.95. The first-order valence-corrected chi connectivity index (χ1v) is 8.17. The van der Waals surface area contributed by atoms with Crippen LogP contribution in [0.15, 0.2) is 36.4 Å². The van der Waals surface area contributed by atoms with Gasteiger partial charge in [-0.3, -0.25) is 9.69 Å². The molecular formula is C19H28N2O. The van der Waals surface area contributed by atoms with E-state index in [1.54, 1.807) is 0 Å². The van der Waals surface area contributed by atoms with Gasteiger partial charge in [0.1, 0.15) is 0 Å². The lowest BCUT2D eigenvalue weighted by Gasteiger charge is -2.20. The SMILES string of the molecule is CC(C)(C)C(=O)NCC1CCN(CC=Cc2ccccc2)C1. The molecule has 0 radical (unpaired) electrons. The van der Waals surface area contributed by atoms with Crippen molar-refractivity contribution in [2.45, 2.75) is 27.2 Å². The number of hydrogen-bond acceptors (Lipinski definition) is 2. The number of likely N-dealkylation sites (tertiary alicyclic amines) is 1. The average molecular weight is 300 g/mol. The molecule has 1 heterocycles. The topological polar surface area (TPSA) is 32.3 Å². The summed E-state index contributed by atoms with van der Waals surface area (Å²) in [6.07, 6.45) is 5.57. The number of hydrogen-bond donors (Lipinski definition) is 1. The summed E-state index contributed by atoms with van der Waals surface area (Å²) in [6, 6.07) is 10.4. The Hall–Kier alpha value is -1.61. The highest BCUT2D eigenvalue weighted by Crippen LogP contribution is 2.17. The maximum Gasteiger partial charge on any atom is 0.225 e. The van der Waals surface area contributed by atoms with E-state index in [1.807, 2.05) is 26.8 Å². The van der Waals surface area contributed by atoms with Crippen molar-refractivity contribution in [2.75, 3.05) is 26.2 Å². The molecule has 2 rings (SSSR count). The quantitative estimate of drug-likeness (QED) is 0.906. The summed E-state index contributed by atoms with van der Waals surface area (Å²) in [5.41, 5.74) is 0.951. The van der Waals surface area contributed by atoms with Gasteiger partial charge in [0.25, 0.3) is 0 Å². The third kappa shape index (κ3) is 5.30. The molecule has 0 saturated carbocycles. The van der Waals surface area contributed by atoms with E-state index in [1.165, 1.54) is 12.0 Å². The van der Waals surface area contributed by atoms with E-state index in [-0.39, 0.29) is 11.3 Å². The first kappa shape index (κ1) is 16.8. The van der Waals surface area contributed by atoms with Crippen LogP contribution in [-0.2, 0) is 4.79 Å². The van der Waals surface area contributed by atoms with E-state index in [4.69, 9.17) is 0 Å². The van der Waals surface area contributed by atoms with Gasteiger partial charge in [0.05, 0.1) is 0 Å². The second-order valence-electron chi connectivity index (χ2n) is 7.19. The van der Waals surface area contributed by atoms with E-state index in [0.29, 0.717) is 5.92 Å². The fourth-order valence-electron chi connectivity index (χ4n) is 2.65. The Kier molecular flexibility index (Phi) is 5.78. The largest absolute Gasteiger partial charge is 0.355 e. The molecule has 0 bridgehead atoms.